The lowest BCUT2D eigenvalue weighted by Crippen LogP contribution is -2.18. The number of nitrogens with two attached hydrogens (primary N) is 1. The summed E-state index contributed by atoms with van der Waals surface area (Å²) in [6.07, 6.45) is 0. The van der Waals surface area contributed by atoms with Gasteiger partial charge in [-0.1, -0.05) is 32.4 Å². The van der Waals surface area contributed by atoms with Gasteiger partial charge in [0.25, 0.3) is 0 Å². The summed E-state index contributed by atoms with van der Waals surface area (Å²) in [6, 6.07) is 5.49. The predicted molar refractivity (Wildman–Crippen MR) is 77.1 cm³/mol. The molecule has 0 aliphatic rings. The highest BCUT2D eigenvalue weighted by molar-refractivity contribution is 8.00. The molecule has 0 aliphatic carbocycles. The maximum atomic E-state index is 6.19. The van der Waals surface area contributed by atoms with E-state index < -0.39 is 0 Å². The molecule has 1 unspecified atom stereocenters. The van der Waals surface area contributed by atoms with Gasteiger partial charge >= 0.3 is 0 Å². The van der Waals surface area contributed by atoms with Crippen LogP contribution in [0.2, 0.25) is 5.02 Å². The van der Waals surface area contributed by atoms with Crippen molar-refractivity contribution < 1.29 is 4.74 Å². The van der Waals surface area contributed by atoms with Crippen molar-refractivity contribution in [2.75, 3.05) is 12.9 Å². The van der Waals surface area contributed by atoms with Gasteiger partial charge < -0.3 is 10.5 Å². The van der Waals surface area contributed by atoms with E-state index in [4.69, 9.17) is 22.1 Å². The van der Waals surface area contributed by atoms with E-state index in [2.05, 4.69) is 20.8 Å². The standard InChI is InChI=1S/C13H20ClNOS/c1-13(2,3)17-8-11(15)10-7-9(14)5-6-12(10)16-4/h5-7,11H,8,15H2,1-4H3. The molecule has 1 rings (SSSR count). The Morgan fingerprint density at radius 1 is 1.41 bits per heavy atom. The van der Waals surface area contributed by atoms with Crippen LogP contribution >= 0.6 is 23.4 Å². The van der Waals surface area contributed by atoms with Crippen LogP contribution in [0.3, 0.4) is 0 Å². The second kappa shape index (κ2) is 5.98. The lowest BCUT2D eigenvalue weighted by molar-refractivity contribution is 0.407. The van der Waals surface area contributed by atoms with Crippen LogP contribution in [-0.4, -0.2) is 17.6 Å². The lowest BCUT2D eigenvalue weighted by atomic mass is 10.1. The minimum absolute atomic E-state index is 0.0622. The van der Waals surface area contributed by atoms with Gasteiger partial charge in [0.15, 0.2) is 0 Å². The average molecular weight is 274 g/mol. The molecule has 1 aromatic rings. The van der Waals surface area contributed by atoms with Crippen LogP contribution < -0.4 is 10.5 Å². The maximum Gasteiger partial charge on any atom is 0.123 e. The zero-order valence-electron chi connectivity index (χ0n) is 10.8. The van der Waals surface area contributed by atoms with Gasteiger partial charge in [0.2, 0.25) is 0 Å². The van der Waals surface area contributed by atoms with E-state index in [1.807, 2.05) is 30.0 Å². The van der Waals surface area contributed by atoms with E-state index in [1.54, 1.807) is 7.11 Å². The number of hydrogen-bond donors (Lipinski definition) is 1. The first-order valence-corrected chi connectivity index (χ1v) is 6.93. The number of hydrogen-bond acceptors (Lipinski definition) is 3. The number of methoxy groups -OCH3 is 1. The second-order valence-corrected chi connectivity index (χ2v) is 7.20. The van der Waals surface area contributed by atoms with Crippen LogP contribution in [0.25, 0.3) is 0 Å². The summed E-state index contributed by atoms with van der Waals surface area (Å²) in [5, 5.41) is 0.692. The third-order valence-corrected chi connectivity index (χ3v) is 3.91. The molecule has 2 N–H and O–H groups in total. The number of ether oxygens (including phenoxy) is 1. The molecule has 0 amide bonds. The fraction of sp³-hybridized carbons (Fsp3) is 0.538. The van der Waals surface area contributed by atoms with Crippen LogP contribution in [-0.2, 0) is 0 Å². The van der Waals surface area contributed by atoms with E-state index in [-0.39, 0.29) is 10.8 Å². The molecule has 0 saturated carbocycles. The van der Waals surface area contributed by atoms with Crippen LogP contribution in [0.15, 0.2) is 18.2 Å². The normalized spacial score (nSPS) is 13.5. The molecule has 1 atom stereocenters. The van der Waals surface area contributed by atoms with Gasteiger partial charge in [0, 0.05) is 27.1 Å². The average Bonchev–Trinajstić information content (AvgIpc) is 2.25. The topological polar surface area (TPSA) is 35.2 Å². The highest BCUT2D eigenvalue weighted by atomic mass is 35.5. The van der Waals surface area contributed by atoms with Crippen LogP contribution in [0.1, 0.15) is 32.4 Å². The molecule has 0 aromatic heterocycles. The zero-order chi connectivity index (χ0) is 13.1. The van der Waals surface area contributed by atoms with E-state index >= 15 is 0 Å². The first-order valence-electron chi connectivity index (χ1n) is 5.56. The second-order valence-electron chi connectivity index (χ2n) is 4.92. The summed E-state index contributed by atoms with van der Waals surface area (Å²) in [6.45, 7) is 6.54. The van der Waals surface area contributed by atoms with Gasteiger partial charge in [-0.25, -0.2) is 0 Å². The van der Waals surface area contributed by atoms with Gasteiger partial charge in [-0.05, 0) is 18.2 Å². The zero-order valence-corrected chi connectivity index (χ0v) is 12.4. The molecule has 0 fully saturated rings. The predicted octanol–water partition coefficient (Wildman–Crippen LogP) is 3.88. The van der Waals surface area contributed by atoms with Crippen molar-refractivity contribution in [3.8, 4) is 5.75 Å². The Morgan fingerprint density at radius 2 is 2.06 bits per heavy atom. The molecule has 4 heteroatoms. The fourth-order valence-electron chi connectivity index (χ4n) is 1.42. The number of rotatable bonds is 4. The highest BCUT2D eigenvalue weighted by Crippen LogP contribution is 2.32. The number of thioether (sulfide) groups is 1. The molecule has 0 aliphatic heterocycles. The van der Waals surface area contributed by atoms with Gasteiger partial charge in [-0.3, -0.25) is 0 Å². The highest BCUT2D eigenvalue weighted by Gasteiger charge is 2.17. The van der Waals surface area contributed by atoms with Crippen LogP contribution in [0, 0.1) is 0 Å². The van der Waals surface area contributed by atoms with E-state index in [1.165, 1.54) is 0 Å². The molecule has 0 spiro atoms. The molecule has 0 saturated heterocycles. The van der Waals surface area contributed by atoms with Crippen molar-refractivity contribution in [3.05, 3.63) is 28.8 Å². The fourth-order valence-corrected chi connectivity index (χ4v) is 2.46. The van der Waals surface area contributed by atoms with E-state index in [9.17, 15) is 0 Å². The summed E-state index contributed by atoms with van der Waals surface area (Å²) in [5.74, 6) is 1.65. The van der Waals surface area contributed by atoms with Crippen LogP contribution in [0.5, 0.6) is 5.75 Å². The van der Waals surface area contributed by atoms with Gasteiger partial charge in [0.05, 0.1) is 7.11 Å². The molecule has 1 aromatic carbocycles. The summed E-state index contributed by atoms with van der Waals surface area (Å²) in [7, 11) is 1.65. The smallest absolute Gasteiger partial charge is 0.123 e. The van der Waals surface area contributed by atoms with E-state index in [0.717, 1.165) is 17.1 Å². The first-order chi connectivity index (χ1) is 7.83. The summed E-state index contributed by atoms with van der Waals surface area (Å²) in [5.41, 5.74) is 7.16. The molecule has 17 heavy (non-hydrogen) atoms. The Labute approximate surface area is 113 Å². The van der Waals surface area contributed by atoms with Crippen molar-refractivity contribution in [1.82, 2.24) is 0 Å². The summed E-state index contributed by atoms with van der Waals surface area (Å²) < 4.78 is 5.52. The van der Waals surface area contributed by atoms with Gasteiger partial charge in [0.1, 0.15) is 5.75 Å². The van der Waals surface area contributed by atoms with Crippen molar-refractivity contribution in [2.45, 2.75) is 31.6 Å². The van der Waals surface area contributed by atoms with Gasteiger partial charge in [-0.15, -0.1) is 0 Å². The SMILES string of the molecule is COc1ccc(Cl)cc1C(N)CSC(C)(C)C. The third kappa shape index (κ3) is 4.78. The molecular formula is C13H20ClNOS. The Morgan fingerprint density at radius 3 is 2.59 bits per heavy atom. The first kappa shape index (κ1) is 14.7. The Hall–Kier alpha value is -0.380. The molecule has 96 valence electrons. The van der Waals surface area contributed by atoms with Crippen molar-refractivity contribution >= 4 is 23.4 Å². The summed E-state index contributed by atoms with van der Waals surface area (Å²) >= 11 is 7.83. The largest absolute Gasteiger partial charge is 0.496 e. The maximum absolute atomic E-state index is 6.19. The third-order valence-electron chi connectivity index (χ3n) is 2.29. The molecule has 0 heterocycles. The van der Waals surface area contributed by atoms with E-state index in [0.29, 0.717) is 5.02 Å². The number of halogens is 1. The Bertz CT molecular complexity index is 376. The number of benzene rings is 1. The van der Waals surface area contributed by atoms with Crippen molar-refractivity contribution in [3.63, 3.8) is 0 Å². The monoisotopic (exact) mass is 273 g/mol. The Kier molecular flexibility index (Phi) is 5.17. The minimum atomic E-state index is -0.0622. The molecule has 2 nitrogen and oxygen atoms in total. The molecule has 0 radical (unpaired) electrons. The van der Waals surface area contributed by atoms with Crippen molar-refractivity contribution in [2.24, 2.45) is 5.73 Å². The quantitative estimate of drug-likeness (QED) is 0.904. The molecular weight excluding hydrogens is 254 g/mol. The van der Waals surface area contributed by atoms with Gasteiger partial charge in [-0.2, -0.15) is 11.8 Å². The lowest BCUT2D eigenvalue weighted by Gasteiger charge is -2.22. The van der Waals surface area contributed by atoms with Crippen LogP contribution in [0.4, 0.5) is 0 Å². The minimum Gasteiger partial charge on any atom is -0.496 e. The summed E-state index contributed by atoms with van der Waals surface area (Å²) in [4.78, 5) is 0. The Balaban J connectivity index is 2.80. The van der Waals surface area contributed by atoms with Crippen molar-refractivity contribution in [1.29, 1.82) is 0 Å². The molecule has 0 bridgehead atoms.